The molecule has 0 bridgehead atoms. The Hall–Kier alpha value is -0.980. The molecule has 0 N–H and O–H groups in total. The van der Waals surface area contributed by atoms with Crippen LogP contribution in [0, 0.1) is 5.92 Å². The molecule has 13 heavy (non-hydrogen) atoms. The smallest absolute Gasteiger partial charge is 0.122 e. The minimum absolute atomic E-state index is 0.830. The van der Waals surface area contributed by atoms with Gasteiger partial charge in [-0.2, -0.15) is 0 Å². The molecule has 1 aromatic rings. The van der Waals surface area contributed by atoms with E-state index in [0.29, 0.717) is 0 Å². The summed E-state index contributed by atoms with van der Waals surface area (Å²) in [4.78, 5) is 0. The number of fused-ring (bicyclic) bond motifs is 1. The molecule has 1 heteroatoms. The maximum Gasteiger partial charge on any atom is 0.122 e. The molecular formula is C12H14O. The average molecular weight is 174 g/mol. The summed E-state index contributed by atoms with van der Waals surface area (Å²) in [6.45, 7) is 3.22. The van der Waals surface area contributed by atoms with Crippen molar-refractivity contribution in [1.29, 1.82) is 0 Å². The summed E-state index contributed by atoms with van der Waals surface area (Å²) in [5.41, 5.74) is 3.04. The third-order valence-electron chi connectivity index (χ3n) is 3.29. The molecule has 0 aromatic heterocycles. The van der Waals surface area contributed by atoms with Crippen molar-refractivity contribution in [3.8, 4) is 5.75 Å². The normalized spacial score (nSPS) is 29.6. The van der Waals surface area contributed by atoms with Gasteiger partial charge in [-0.15, -0.1) is 0 Å². The van der Waals surface area contributed by atoms with E-state index in [4.69, 9.17) is 4.74 Å². The molecule has 1 fully saturated rings. The van der Waals surface area contributed by atoms with E-state index in [0.717, 1.165) is 30.6 Å². The van der Waals surface area contributed by atoms with Crippen LogP contribution in [0.5, 0.6) is 5.75 Å². The fourth-order valence-electron chi connectivity index (χ4n) is 2.35. The molecule has 0 spiro atoms. The second kappa shape index (κ2) is 2.50. The van der Waals surface area contributed by atoms with Crippen molar-refractivity contribution in [3.63, 3.8) is 0 Å². The highest BCUT2D eigenvalue weighted by Crippen LogP contribution is 2.49. The lowest BCUT2D eigenvalue weighted by molar-refractivity contribution is 0.357. The molecule has 68 valence electrons. The fourth-order valence-corrected chi connectivity index (χ4v) is 2.35. The van der Waals surface area contributed by atoms with Crippen LogP contribution < -0.4 is 4.74 Å². The maximum atomic E-state index is 5.55. The van der Waals surface area contributed by atoms with Gasteiger partial charge in [0.05, 0.1) is 6.61 Å². The lowest BCUT2D eigenvalue weighted by Gasteiger charge is -2.04. The molecule has 1 aliphatic carbocycles. The van der Waals surface area contributed by atoms with Crippen LogP contribution in [0.25, 0.3) is 0 Å². The second-order valence-electron chi connectivity index (χ2n) is 4.24. The molecule has 1 aliphatic heterocycles. The van der Waals surface area contributed by atoms with Crippen LogP contribution >= 0.6 is 0 Å². The zero-order valence-electron chi connectivity index (χ0n) is 7.92. The van der Waals surface area contributed by atoms with E-state index in [9.17, 15) is 0 Å². The molecule has 1 saturated carbocycles. The first-order valence-corrected chi connectivity index (χ1v) is 5.11. The zero-order valence-corrected chi connectivity index (χ0v) is 7.92. The van der Waals surface area contributed by atoms with Gasteiger partial charge in [-0.25, -0.2) is 0 Å². The highest BCUT2D eigenvalue weighted by atomic mass is 16.5. The van der Waals surface area contributed by atoms with Crippen LogP contribution in [0.2, 0.25) is 0 Å². The van der Waals surface area contributed by atoms with Crippen LogP contribution in [0.1, 0.15) is 30.4 Å². The summed E-state index contributed by atoms with van der Waals surface area (Å²) in [5, 5.41) is 0. The highest BCUT2D eigenvalue weighted by molar-refractivity contribution is 5.46. The van der Waals surface area contributed by atoms with Crippen molar-refractivity contribution in [2.45, 2.75) is 25.7 Å². The molecule has 3 rings (SSSR count). The molecule has 0 amide bonds. The number of ether oxygens (including phenoxy) is 1. The van der Waals surface area contributed by atoms with Crippen LogP contribution in [0.4, 0.5) is 0 Å². The van der Waals surface area contributed by atoms with Gasteiger partial charge >= 0.3 is 0 Å². The van der Waals surface area contributed by atoms with Gasteiger partial charge in [0.2, 0.25) is 0 Å². The first-order chi connectivity index (χ1) is 6.36. The minimum Gasteiger partial charge on any atom is -0.493 e. The lowest BCUT2D eigenvalue weighted by atomic mass is 10.0. The zero-order chi connectivity index (χ0) is 8.84. The van der Waals surface area contributed by atoms with Crippen molar-refractivity contribution < 1.29 is 4.74 Å². The van der Waals surface area contributed by atoms with Crippen molar-refractivity contribution in [1.82, 2.24) is 0 Å². The van der Waals surface area contributed by atoms with Gasteiger partial charge in [-0.05, 0) is 29.9 Å². The van der Waals surface area contributed by atoms with E-state index in [1.165, 1.54) is 12.0 Å². The Morgan fingerprint density at radius 3 is 3.00 bits per heavy atom. The van der Waals surface area contributed by atoms with E-state index < -0.39 is 0 Å². The van der Waals surface area contributed by atoms with Crippen LogP contribution in [0.15, 0.2) is 18.2 Å². The summed E-state index contributed by atoms with van der Waals surface area (Å²) in [6, 6.07) is 6.51. The third kappa shape index (κ3) is 1.06. The van der Waals surface area contributed by atoms with Crippen molar-refractivity contribution in [3.05, 3.63) is 29.3 Å². The summed E-state index contributed by atoms with van der Waals surface area (Å²) in [7, 11) is 0. The number of benzene rings is 1. The first kappa shape index (κ1) is 7.43. The average Bonchev–Trinajstić information content (AvgIpc) is 2.66. The van der Waals surface area contributed by atoms with Crippen LogP contribution in [-0.4, -0.2) is 6.61 Å². The Kier molecular flexibility index (Phi) is 1.43. The van der Waals surface area contributed by atoms with Gasteiger partial charge in [-0.3, -0.25) is 0 Å². The Labute approximate surface area is 78.7 Å². The quantitative estimate of drug-likeness (QED) is 0.636. The van der Waals surface area contributed by atoms with E-state index in [1.54, 1.807) is 5.56 Å². The SMILES string of the molecule is CC1CC1c1cccc2c1CCO2. The molecule has 2 aliphatic rings. The molecule has 0 radical (unpaired) electrons. The Balaban J connectivity index is 2.05. The Morgan fingerprint density at radius 1 is 1.38 bits per heavy atom. The van der Waals surface area contributed by atoms with Gasteiger partial charge in [0.15, 0.2) is 0 Å². The van der Waals surface area contributed by atoms with E-state index in [1.807, 2.05) is 0 Å². The van der Waals surface area contributed by atoms with Gasteiger partial charge in [0.25, 0.3) is 0 Å². The maximum absolute atomic E-state index is 5.55. The molecule has 2 unspecified atom stereocenters. The molecule has 1 aromatic carbocycles. The minimum atomic E-state index is 0.830. The lowest BCUT2D eigenvalue weighted by Crippen LogP contribution is -1.89. The predicted molar refractivity (Wildman–Crippen MR) is 52.2 cm³/mol. The standard InChI is InChI=1S/C12H14O/c1-8-7-11(8)9-3-2-4-12-10(9)5-6-13-12/h2-4,8,11H,5-7H2,1H3. The van der Waals surface area contributed by atoms with E-state index >= 15 is 0 Å². The Morgan fingerprint density at radius 2 is 2.23 bits per heavy atom. The molecule has 1 nitrogen and oxygen atoms in total. The summed E-state index contributed by atoms with van der Waals surface area (Å²) in [6.07, 6.45) is 2.49. The number of hydrogen-bond donors (Lipinski definition) is 0. The predicted octanol–water partition coefficient (Wildman–Crippen LogP) is 2.74. The third-order valence-corrected chi connectivity index (χ3v) is 3.29. The largest absolute Gasteiger partial charge is 0.493 e. The summed E-state index contributed by atoms with van der Waals surface area (Å²) < 4.78 is 5.55. The van der Waals surface area contributed by atoms with Crippen LogP contribution in [0.3, 0.4) is 0 Å². The van der Waals surface area contributed by atoms with E-state index in [-0.39, 0.29) is 0 Å². The van der Waals surface area contributed by atoms with E-state index in [2.05, 4.69) is 25.1 Å². The molecule has 2 atom stereocenters. The fraction of sp³-hybridized carbons (Fsp3) is 0.500. The Bertz CT molecular complexity index is 343. The summed E-state index contributed by atoms with van der Waals surface area (Å²) in [5.74, 6) is 2.86. The second-order valence-corrected chi connectivity index (χ2v) is 4.24. The van der Waals surface area contributed by atoms with Crippen molar-refractivity contribution in [2.24, 2.45) is 5.92 Å². The van der Waals surface area contributed by atoms with Gasteiger partial charge in [-0.1, -0.05) is 19.1 Å². The highest BCUT2D eigenvalue weighted by Gasteiger charge is 2.36. The van der Waals surface area contributed by atoms with Crippen molar-refractivity contribution in [2.75, 3.05) is 6.61 Å². The van der Waals surface area contributed by atoms with Gasteiger partial charge < -0.3 is 4.74 Å². The van der Waals surface area contributed by atoms with Gasteiger partial charge in [0.1, 0.15) is 5.75 Å². The molecule has 0 saturated heterocycles. The molecular weight excluding hydrogens is 160 g/mol. The number of hydrogen-bond acceptors (Lipinski definition) is 1. The van der Waals surface area contributed by atoms with Crippen LogP contribution in [-0.2, 0) is 6.42 Å². The molecule has 1 heterocycles. The van der Waals surface area contributed by atoms with Crippen molar-refractivity contribution >= 4 is 0 Å². The number of rotatable bonds is 1. The van der Waals surface area contributed by atoms with Gasteiger partial charge in [0, 0.05) is 12.0 Å². The topological polar surface area (TPSA) is 9.23 Å². The summed E-state index contributed by atoms with van der Waals surface area (Å²) >= 11 is 0. The monoisotopic (exact) mass is 174 g/mol. The first-order valence-electron chi connectivity index (χ1n) is 5.11.